The Hall–Kier alpha value is -2.92. The summed E-state index contributed by atoms with van der Waals surface area (Å²) in [5.74, 6) is 0. The molecule has 3 rings (SSSR count). The van der Waals surface area contributed by atoms with E-state index in [0.29, 0.717) is 5.69 Å². The van der Waals surface area contributed by atoms with Crippen molar-refractivity contribution in [2.24, 2.45) is 0 Å². The molecule has 0 bridgehead atoms. The maximum absolute atomic E-state index is 12.5. The Morgan fingerprint density at radius 1 is 0.920 bits per heavy atom. The van der Waals surface area contributed by atoms with Crippen molar-refractivity contribution in [3.8, 4) is 0 Å². The molecule has 25 heavy (non-hydrogen) atoms. The van der Waals surface area contributed by atoms with Crippen LogP contribution < -0.4 is 4.72 Å². The minimum atomic E-state index is -3.60. The Balaban J connectivity index is 1.79. The third kappa shape index (κ3) is 4.55. The lowest BCUT2D eigenvalue weighted by atomic mass is 10.2. The van der Waals surface area contributed by atoms with Crippen LogP contribution in [0.25, 0.3) is 12.2 Å². The Bertz CT molecular complexity index is 980. The lowest BCUT2D eigenvalue weighted by Crippen LogP contribution is -2.12. The van der Waals surface area contributed by atoms with Crippen molar-refractivity contribution in [1.82, 2.24) is 4.98 Å². The molecule has 0 atom stereocenters. The zero-order chi connectivity index (χ0) is 17.7. The highest BCUT2D eigenvalue weighted by atomic mass is 32.2. The van der Waals surface area contributed by atoms with Gasteiger partial charge >= 0.3 is 0 Å². The first-order valence-electron chi connectivity index (χ1n) is 7.82. The molecule has 0 aliphatic rings. The molecule has 5 heteroatoms. The Morgan fingerprint density at radius 3 is 2.44 bits per heavy atom. The first-order valence-corrected chi connectivity index (χ1v) is 9.30. The van der Waals surface area contributed by atoms with E-state index < -0.39 is 10.0 Å². The summed E-state index contributed by atoms with van der Waals surface area (Å²) in [6.07, 6.45) is 5.51. The monoisotopic (exact) mass is 350 g/mol. The maximum atomic E-state index is 12.5. The van der Waals surface area contributed by atoms with Crippen LogP contribution in [0.1, 0.15) is 16.8 Å². The maximum Gasteiger partial charge on any atom is 0.261 e. The number of nitrogens with zero attached hydrogens (tertiary/aromatic N) is 1. The molecule has 1 N–H and O–H groups in total. The summed E-state index contributed by atoms with van der Waals surface area (Å²) in [6, 6.07) is 19.7. The molecule has 0 aliphatic carbocycles. The Labute approximate surface area is 147 Å². The minimum absolute atomic E-state index is 0.243. The smallest absolute Gasteiger partial charge is 0.261 e. The number of rotatable bonds is 5. The molecule has 126 valence electrons. The number of anilines is 1. The van der Waals surface area contributed by atoms with E-state index >= 15 is 0 Å². The zero-order valence-electron chi connectivity index (χ0n) is 13.8. The number of hydrogen-bond acceptors (Lipinski definition) is 3. The van der Waals surface area contributed by atoms with Crippen molar-refractivity contribution in [1.29, 1.82) is 0 Å². The SMILES string of the molecule is Cc1ccc(S(=O)(=O)Nc2cccc(C=Cc3ccccn3)c2)cc1. The van der Waals surface area contributed by atoms with Gasteiger partial charge in [-0.3, -0.25) is 9.71 Å². The van der Waals surface area contributed by atoms with Gasteiger partial charge in [0.25, 0.3) is 10.0 Å². The number of nitrogens with one attached hydrogen (secondary N) is 1. The predicted octanol–water partition coefficient (Wildman–Crippen LogP) is 4.36. The number of hydrogen-bond donors (Lipinski definition) is 1. The van der Waals surface area contributed by atoms with Gasteiger partial charge in [-0.05, 0) is 55.0 Å². The highest BCUT2D eigenvalue weighted by Gasteiger charge is 2.13. The van der Waals surface area contributed by atoms with E-state index in [0.717, 1.165) is 16.8 Å². The van der Waals surface area contributed by atoms with Gasteiger partial charge in [0.2, 0.25) is 0 Å². The molecule has 0 saturated carbocycles. The van der Waals surface area contributed by atoms with Gasteiger partial charge < -0.3 is 0 Å². The Morgan fingerprint density at radius 2 is 1.72 bits per heavy atom. The number of pyridine rings is 1. The molecule has 4 nitrogen and oxygen atoms in total. The average molecular weight is 350 g/mol. The molecule has 0 fully saturated rings. The second-order valence-electron chi connectivity index (χ2n) is 5.63. The van der Waals surface area contributed by atoms with Crippen LogP contribution in [0.5, 0.6) is 0 Å². The minimum Gasteiger partial charge on any atom is -0.280 e. The summed E-state index contributed by atoms with van der Waals surface area (Å²) in [5.41, 5.74) is 3.26. The number of sulfonamides is 1. The first kappa shape index (κ1) is 16.9. The fourth-order valence-electron chi connectivity index (χ4n) is 2.29. The summed E-state index contributed by atoms with van der Waals surface area (Å²) in [4.78, 5) is 4.47. The van der Waals surface area contributed by atoms with E-state index in [-0.39, 0.29) is 4.90 Å². The topological polar surface area (TPSA) is 59.1 Å². The number of aromatic nitrogens is 1. The van der Waals surface area contributed by atoms with Gasteiger partial charge in [-0.25, -0.2) is 8.42 Å². The van der Waals surface area contributed by atoms with E-state index in [1.54, 1.807) is 42.6 Å². The molecule has 0 aliphatic heterocycles. The van der Waals surface area contributed by atoms with Crippen LogP contribution in [-0.2, 0) is 10.0 Å². The quantitative estimate of drug-likeness (QED) is 0.744. The van der Waals surface area contributed by atoms with E-state index in [1.807, 2.05) is 49.4 Å². The fraction of sp³-hybridized carbons (Fsp3) is 0.0500. The largest absolute Gasteiger partial charge is 0.280 e. The van der Waals surface area contributed by atoms with Crippen LogP contribution in [0, 0.1) is 6.92 Å². The summed E-state index contributed by atoms with van der Waals surface area (Å²) in [5, 5.41) is 0. The average Bonchev–Trinajstić information content (AvgIpc) is 2.61. The molecular formula is C20H18N2O2S. The molecule has 3 aromatic rings. The molecule has 0 amide bonds. The summed E-state index contributed by atoms with van der Waals surface area (Å²) < 4.78 is 27.5. The van der Waals surface area contributed by atoms with Gasteiger partial charge in [-0.15, -0.1) is 0 Å². The number of aryl methyl sites for hydroxylation is 1. The van der Waals surface area contributed by atoms with Crippen molar-refractivity contribution in [2.75, 3.05) is 4.72 Å². The number of benzene rings is 2. The van der Waals surface area contributed by atoms with Gasteiger partial charge in [0, 0.05) is 11.9 Å². The molecule has 1 heterocycles. The van der Waals surface area contributed by atoms with Crippen LogP contribution in [0.4, 0.5) is 5.69 Å². The van der Waals surface area contributed by atoms with Crippen molar-refractivity contribution in [3.63, 3.8) is 0 Å². The van der Waals surface area contributed by atoms with Crippen molar-refractivity contribution >= 4 is 27.9 Å². The third-order valence-corrected chi connectivity index (χ3v) is 5.00. The molecule has 2 aromatic carbocycles. The second kappa shape index (κ2) is 7.32. The van der Waals surface area contributed by atoms with Gasteiger partial charge in [-0.1, -0.05) is 42.0 Å². The van der Waals surface area contributed by atoms with Gasteiger partial charge in [-0.2, -0.15) is 0 Å². The summed E-state index contributed by atoms with van der Waals surface area (Å²) >= 11 is 0. The highest BCUT2D eigenvalue weighted by Crippen LogP contribution is 2.18. The van der Waals surface area contributed by atoms with Crippen LogP contribution >= 0.6 is 0 Å². The summed E-state index contributed by atoms with van der Waals surface area (Å²) in [7, 11) is -3.60. The van der Waals surface area contributed by atoms with Crippen LogP contribution in [0.2, 0.25) is 0 Å². The van der Waals surface area contributed by atoms with Crippen molar-refractivity contribution in [2.45, 2.75) is 11.8 Å². The van der Waals surface area contributed by atoms with Crippen molar-refractivity contribution < 1.29 is 8.42 Å². The van der Waals surface area contributed by atoms with E-state index in [4.69, 9.17) is 0 Å². The third-order valence-electron chi connectivity index (χ3n) is 3.60. The molecular weight excluding hydrogens is 332 g/mol. The Kier molecular flexibility index (Phi) is 4.95. The summed E-state index contributed by atoms with van der Waals surface area (Å²) in [6.45, 7) is 1.92. The van der Waals surface area contributed by atoms with Crippen LogP contribution in [0.15, 0.2) is 77.8 Å². The highest BCUT2D eigenvalue weighted by molar-refractivity contribution is 7.92. The van der Waals surface area contributed by atoms with Gasteiger partial charge in [0.15, 0.2) is 0 Å². The zero-order valence-corrected chi connectivity index (χ0v) is 14.6. The lowest BCUT2D eigenvalue weighted by molar-refractivity contribution is 0.601. The molecule has 0 spiro atoms. The first-order chi connectivity index (χ1) is 12.0. The standard InChI is InChI=1S/C20H18N2O2S/c1-16-8-12-20(13-9-16)25(23,24)22-19-7-4-5-17(15-19)10-11-18-6-2-3-14-21-18/h2-15,22H,1H3. The van der Waals surface area contributed by atoms with E-state index in [1.165, 1.54) is 0 Å². The van der Waals surface area contributed by atoms with Crippen molar-refractivity contribution in [3.05, 3.63) is 89.7 Å². The van der Waals surface area contributed by atoms with Crippen LogP contribution in [-0.4, -0.2) is 13.4 Å². The lowest BCUT2D eigenvalue weighted by Gasteiger charge is -2.09. The normalized spacial score (nSPS) is 11.6. The van der Waals surface area contributed by atoms with Gasteiger partial charge in [0.1, 0.15) is 0 Å². The van der Waals surface area contributed by atoms with Gasteiger partial charge in [0.05, 0.1) is 10.6 Å². The molecule has 1 aromatic heterocycles. The molecule has 0 radical (unpaired) electrons. The van der Waals surface area contributed by atoms with E-state index in [9.17, 15) is 8.42 Å². The van der Waals surface area contributed by atoms with Crippen LogP contribution in [0.3, 0.4) is 0 Å². The fourth-order valence-corrected chi connectivity index (χ4v) is 3.34. The second-order valence-corrected chi connectivity index (χ2v) is 7.31. The predicted molar refractivity (Wildman–Crippen MR) is 102 cm³/mol. The molecule has 0 saturated heterocycles. The van der Waals surface area contributed by atoms with E-state index in [2.05, 4.69) is 9.71 Å². The molecule has 0 unspecified atom stereocenters.